The quantitative estimate of drug-likeness (QED) is 0.391. The van der Waals surface area contributed by atoms with Crippen LogP contribution in [-0.4, -0.2) is 34.3 Å². The first-order chi connectivity index (χ1) is 16.4. The van der Waals surface area contributed by atoms with Gasteiger partial charge in [-0.05, 0) is 48.0 Å². The molecule has 0 saturated heterocycles. The number of pyridine rings is 1. The van der Waals surface area contributed by atoms with Gasteiger partial charge in [-0.25, -0.2) is 22.5 Å². The Bertz CT molecular complexity index is 1540. The fourth-order valence-electron chi connectivity index (χ4n) is 3.42. The summed E-state index contributed by atoms with van der Waals surface area (Å²) >= 11 is 6.10. The molecule has 0 aliphatic heterocycles. The largest absolute Gasteiger partial charge is 0.478 e. The molecule has 13 heteroatoms. The molecule has 0 bridgehead atoms. The molecule has 35 heavy (non-hydrogen) atoms. The summed E-state index contributed by atoms with van der Waals surface area (Å²) in [6.45, 7) is -0.314. The number of carboxylic acid groups (broad SMARTS) is 1. The van der Waals surface area contributed by atoms with Crippen LogP contribution in [0.2, 0.25) is 5.02 Å². The van der Waals surface area contributed by atoms with Crippen molar-refractivity contribution in [1.82, 2.24) is 14.8 Å². The van der Waals surface area contributed by atoms with Crippen LogP contribution < -0.4 is 4.31 Å². The molecular weight excluding hydrogens is 509 g/mol. The molecular formula is C22H16ClF3N4O4S. The van der Waals surface area contributed by atoms with Gasteiger partial charge < -0.3 is 5.11 Å². The van der Waals surface area contributed by atoms with Crippen molar-refractivity contribution in [3.8, 4) is 0 Å². The van der Waals surface area contributed by atoms with E-state index >= 15 is 0 Å². The number of alkyl halides is 3. The average Bonchev–Trinajstić information content (AvgIpc) is 3.17. The SMILES string of the molecule is Cn1ncc2cc(CN(c3ncc(C(F)(F)F)cc3Cl)S(=O)(=O)c3ccc(C(=O)O)cc3)ccc21. The van der Waals surface area contributed by atoms with E-state index in [4.69, 9.17) is 16.7 Å². The lowest BCUT2D eigenvalue weighted by Crippen LogP contribution is -2.32. The van der Waals surface area contributed by atoms with E-state index in [1.807, 2.05) is 0 Å². The van der Waals surface area contributed by atoms with Crippen LogP contribution in [0.5, 0.6) is 0 Å². The Kier molecular flexibility index (Phi) is 6.20. The monoisotopic (exact) mass is 524 g/mol. The topological polar surface area (TPSA) is 105 Å². The van der Waals surface area contributed by atoms with Crippen LogP contribution in [0.4, 0.5) is 19.0 Å². The minimum Gasteiger partial charge on any atom is -0.478 e. The van der Waals surface area contributed by atoms with Gasteiger partial charge in [-0.3, -0.25) is 4.68 Å². The van der Waals surface area contributed by atoms with Crippen LogP contribution in [-0.2, 0) is 29.8 Å². The molecule has 0 radical (unpaired) electrons. The number of aromatic carboxylic acids is 1. The highest BCUT2D eigenvalue weighted by atomic mass is 35.5. The van der Waals surface area contributed by atoms with E-state index < -0.39 is 38.6 Å². The van der Waals surface area contributed by atoms with Crippen molar-refractivity contribution in [2.75, 3.05) is 4.31 Å². The van der Waals surface area contributed by atoms with Crippen molar-refractivity contribution in [2.24, 2.45) is 7.05 Å². The van der Waals surface area contributed by atoms with Crippen LogP contribution in [0, 0.1) is 0 Å². The number of benzene rings is 2. The van der Waals surface area contributed by atoms with Crippen LogP contribution >= 0.6 is 11.6 Å². The fourth-order valence-corrected chi connectivity index (χ4v) is 5.16. The minimum absolute atomic E-state index is 0.136. The van der Waals surface area contributed by atoms with Gasteiger partial charge in [-0.1, -0.05) is 17.7 Å². The zero-order chi connectivity index (χ0) is 25.5. The maximum absolute atomic E-state index is 13.6. The van der Waals surface area contributed by atoms with Crippen molar-refractivity contribution in [1.29, 1.82) is 0 Å². The van der Waals surface area contributed by atoms with Crippen LogP contribution in [0.3, 0.4) is 0 Å². The average molecular weight is 525 g/mol. The summed E-state index contributed by atoms with van der Waals surface area (Å²) in [5.41, 5.74) is 0.0153. The number of halogens is 4. The van der Waals surface area contributed by atoms with Gasteiger partial charge in [0.05, 0.1) is 39.3 Å². The molecule has 0 fully saturated rings. The van der Waals surface area contributed by atoms with Gasteiger partial charge in [0.15, 0.2) is 5.82 Å². The lowest BCUT2D eigenvalue weighted by Gasteiger charge is -2.25. The number of hydrogen-bond acceptors (Lipinski definition) is 5. The van der Waals surface area contributed by atoms with Crippen molar-refractivity contribution < 1.29 is 31.5 Å². The number of rotatable bonds is 6. The molecule has 0 amide bonds. The number of fused-ring (bicyclic) bond motifs is 1. The molecule has 0 saturated carbocycles. The number of nitrogens with zero attached hydrogens (tertiary/aromatic N) is 4. The highest BCUT2D eigenvalue weighted by Crippen LogP contribution is 2.36. The van der Waals surface area contributed by atoms with E-state index in [0.29, 0.717) is 17.8 Å². The van der Waals surface area contributed by atoms with Crippen LogP contribution in [0.1, 0.15) is 21.5 Å². The molecule has 1 N–H and O–H groups in total. The van der Waals surface area contributed by atoms with Gasteiger partial charge in [0.1, 0.15) is 0 Å². The molecule has 2 aromatic carbocycles. The van der Waals surface area contributed by atoms with Gasteiger partial charge in [0, 0.05) is 18.6 Å². The van der Waals surface area contributed by atoms with Gasteiger partial charge >= 0.3 is 12.1 Å². The third kappa shape index (κ3) is 4.80. The van der Waals surface area contributed by atoms with E-state index in [-0.39, 0.29) is 17.0 Å². The first-order valence-electron chi connectivity index (χ1n) is 9.87. The third-order valence-electron chi connectivity index (χ3n) is 5.21. The fraction of sp³-hybridized carbons (Fsp3) is 0.136. The molecule has 8 nitrogen and oxygen atoms in total. The number of carboxylic acids is 1. The maximum Gasteiger partial charge on any atom is 0.417 e. The standard InChI is InChI=1S/C22H16ClF3N4O4S/c1-29-19-7-2-13(8-15(19)10-28-29)12-30(20-18(23)9-16(11-27-20)22(24,25)26)35(33,34)17-5-3-14(4-6-17)21(31)32/h2-11H,12H2,1H3,(H,31,32). The molecule has 4 aromatic rings. The van der Waals surface area contributed by atoms with Gasteiger partial charge in [-0.15, -0.1) is 0 Å². The smallest absolute Gasteiger partial charge is 0.417 e. The summed E-state index contributed by atoms with van der Waals surface area (Å²) in [5.74, 6) is -1.66. The highest BCUT2D eigenvalue weighted by Gasteiger charge is 2.34. The molecule has 0 aliphatic rings. The zero-order valence-corrected chi connectivity index (χ0v) is 19.4. The normalized spacial score (nSPS) is 12.1. The second kappa shape index (κ2) is 8.86. The first kappa shape index (κ1) is 24.5. The number of anilines is 1. The molecule has 2 heterocycles. The summed E-state index contributed by atoms with van der Waals surface area (Å²) in [4.78, 5) is 14.6. The molecule has 0 unspecified atom stereocenters. The zero-order valence-electron chi connectivity index (χ0n) is 17.9. The lowest BCUT2D eigenvalue weighted by molar-refractivity contribution is -0.137. The summed E-state index contributed by atoms with van der Waals surface area (Å²) < 4.78 is 68.9. The number of hydrogen-bond donors (Lipinski definition) is 1. The summed E-state index contributed by atoms with van der Waals surface area (Å²) in [5, 5.41) is 13.4. The molecule has 2 aromatic heterocycles. The van der Waals surface area contributed by atoms with Gasteiger partial charge in [-0.2, -0.15) is 18.3 Å². The predicted molar refractivity (Wildman–Crippen MR) is 122 cm³/mol. The Morgan fingerprint density at radius 1 is 1.11 bits per heavy atom. The van der Waals surface area contributed by atoms with Crippen molar-refractivity contribution in [3.63, 3.8) is 0 Å². The van der Waals surface area contributed by atoms with Crippen LogP contribution in [0.25, 0.3) is 10.9 Å². The molecule has 4 rings (SSSR count). The Morgan fingerprint density at radius 2 is 1.80 bits per heavy atom. The predicted octanol–water partition coefficient (Wildman–Crippen LogP) is 4.73. The minimum atomic E-state index is -4.73. The van der Waals surface area contributed by atoms with E-state index in [1.54, 1.807) is 36.1 Å². The Hall–Kier alpha value is -3.64. The Balaban J connectivity index is 1.83. The molecule has 0 aliphatic carbocycles. The van der Waals surface area contributed by atoms with E-state index in [2.05, 4.69) is 10.1 Å². The lowest BCUT2D eigenvalue weighted by atomic mass is 10.1. The molecule has 0 atom stereocenters. The van der Waals surface area contributed by atoms with E-state index in [0.717, 1.165) is 39.5 Å². The maximum atomic E-state index is 13.6. The summed E-state index contributed by atoms with van der Waals surface area (Å²) in [7, 11) is -2.68. The van der Waals surface area contributed by atoms with Crippen LogP contribution in [0.15, 0.2) is 65.8 Å². The summed E-state index contributed by atoms with van der Waals surface area (Å²) in [6.07, 6.45) is -2.63. The van der Waals surface area contributed by atoms with Gasteiger partial charge in [0.25, 0.3) is 10.0 Å². The molecule has 0 spiro atoms. The number of aromatic nitrogens is 3. The molecule has 182 valence electrons. The summed E-state index contributed by atoms with van der Waals surface area (Å²) in [6, 6.07) is 10.1. The number of carbonyl (C=O) groups is 1. The Labute approximate surface area is 202 Å². The van der Waals surface area contributed by atoms with E-state index in [9.17, 15) is 26.4 Å². The van der Waals surface area contributed by atoms with E-state index in [1.165, 1.54) is 0 Å². The first-order valence-corrected chi connectivity index (χ1v) is 11.7. The second-order valence-corrected chi connectivity index (χ2v) is 9.80. The third-order valence-corrected chi connectivity index (χ3v) is 7.24. The number of sulfonamides is 1. The van der Waals surface area contributed by atoms with Gasteiger partial charge in [0.2, 0.25) is 0 Å². The highest BCUT2D eigenvalue weighted by molar-refractivity contribution is 7.92. The van der Waals surface area contributed by atoms with Crippen molar-refractivity contribution in [2.45, 2.75) is 17.6 Å². The second-order valence-electron chi connectivity index (χ2n) is 7.53. The van der Waals surface area contributed by atoms with Crippen molar-refractivity contribution >= 4 is 44.3 Å². The van der Waals surface area contributed by atoms with Crippen molar-refractivity contribution in [3.05, 3.63) is 82.6 Å². The Morgan fingerprint density at radius 3 is 2.40 bits per heavy atom. The number of aryl methyl sites for hydroxylation is 1.